The molecule has 41 heavy (non-hydrogen) atoms. The van der Waals surface area contributed by atoms with Gasteiger partial charge in [0.25, 0.3) is 5.56 Å². The largest absolute Gasteiger partial charge is 0.496 e. The van der Waals surface area contributed by atoms with Crippen molar-refractivity contribution in [3.05, 3.63) is 120 Å². The molecule has 0 bridgehead atoms. The van der Waals surface area contributed by atoms with Crippen molar-refractivity contribution in [2.24, 2.45) is 4.99 Å². The highest BCUT2D eigenvalue weighted by molar-refractivity contribution is 7.07. The van der Waals surface area contributed by atoms with Gasteiger partial charge in [0, 0.05) is 22.2 Å². The number of thiazole rings is 1. The van der Waals surface area contributed by atoms with Gasteiger partial charge in [-0.1, -0.05) is 65.4 Å². The Morgan fingerprint density at radius 1 is 1.12 bits per heavy atom. The molecule has 3 heterocycles. The van der Waals surface area contributed by atoms with E-state index in [-0.39, 0.29) is 12.2 Å². The summed E-state index contributed by atoms with van der Waals surface area (Å²) in [4.78, 5) is 32.6. The molecule has 0 radical (unpaired) electrons. The van der Waals surface area contributed by atoms with Crippen LogP contribution in [0.5, 0.6) is 5.75 Å². The van der Waals surface area contributed by atoms with Crippen LogP contribution in [0.25, 0.3) is 28.2 Å². The van der Waals surface area contributed by atoms with Gasteiger partial charge in [0.15, 0.2) is 4.80 Å². The number of aromatic nitrogens is 1. The number of methoxy groups -OCH3 is 1. The number of nitrogens with zero attached hydrogens (tertiary/aromatic N) is 2. The van der Waals surface area contributed by atoms with Gasteiger partial charge < -0.3 is 13.9 Å². The summed E-state index contributed by atoms with van der Waals surface area (Å²) < 4.78 is 19.3. The maximum Gasteiger partial charge on any atom is 0.338 e. The Morgan fingerprint density at radius 2 is 1.95 bits per heavy atom. The average Bonchev–Trinajstić information content (AvgIpc) is 3.56. The average molecular weight is 585 g/mol. The lowest BCUT2D eigenvalue weighted by Gasteiger charge is -2.27. The smallest absolute Gasteiger partial charge is 0.338 e. The molecule has 0 aliphatic carbocycles. The van der Waals surface area contributed by atoms with Crippen LogP contribution in [0.1, 0.15) is 31.2 Å². The Bertz CT molecular complexity index is 2030. The molecule has 0 amide bonds. The van der Waals surface area contributed by atoms with Gasteiger partial charge in [0.1, 0.15) is 23.3 Å². The van der Waals surface area contributed by atoms with Gasteiger partial charge in [-0.05, 0) is 55.0 Å². The highest BCUT2D eigenvalue weighted by Crippen LogP contribution is 2.40. The molecule has 5 aromatic rings. The Labute approximate surface area is 244 Å². The van der Waals surface area contributed by atoms with E-state index in [2.05, 4.69) is 4.99 Å². The summed E-state index contributed by atoms with van der Waals surface area (Å²) >= 11 is 7.38. The minimum Gasteiger partial charge on any atom is -0.496 e. The maximum absolute atomic E-state index is 14.1. The number of allylic oxidation sites excluding steroid dienone is 1. The number of furan rings is 1. The summed E-state index contributed by atoms with van der Waals surface area (Å²) in [5, 5.41) is 2.41. The van der Waals surface area contributed by atoms with Gasteiger partial charge in [-0.15, -0.1) is 0 Å². The number of halogens is 1. The lowest BCUT2D eigenvalue weighted by atomic mass is 9.90. The first-order chi connectivity index (χ1) is 19.9. The molecular weight excluding hydrogens is 560 g/mol. The highest BCUT2D eigenvalue weighted by Gasteiger charge is 2.36. The Kier molecular flexibility index (Phi) is 7.11. The van der Waals surface area contributed by atoms with Gasteiger partial charge in [0.05, 0.1) is 29.5 Å². The van der Waals surface area contributed by atoms with E-state index in [0.717, 1.165) is 16.3 Å². The second-order valence-corrected chi connectivity index (χ2v) is 10.9. The van der Waals surface area contributed by atoms with Gasteiger partial charge in [-0.3, -0.25) is 9.36 Å². The molecule has 0 N–H and O–H groups in total. The minimum absolute atomic E-state index is 0.187. The fraction of sp³-hybridized carbons (Fsp3) is 0.156. The Morgan fingerprint density at radius 3 is 2.73 bits per heavy atom. The molecule has 7 nitrogen and oxygen atoms in total. The monoisotopic (exact) mass is 584 g/mol. The van der Waals surface area contributed by atoms with Crippen molar-refractivity contribution in [2.45, 2.75) is 19.9 Å². The van der Waals surface area contributed by atoms with E-state index in [9.17, 15) is 9.59 Å². The molecule has 1 atom stereocenters. The van der Waals surface area contributed by atoms with Gasteiger partial charge in [-0.25, -0.2) is 9.79 Å². The van der Waals surface area contributed by atoms with E-state index in [1.54, 1.807) is 43.7 Å². The number of carbonyl (C=O) groups excluding carboxylic acids is 1. The van der Waals surface area contributed by atoms with Crippen LogP contribution in [0.15, 0.2) is 98.3 Å². The van der Waals surface area contributed by atoms with Crippen LogP contribution < -0.4 is 19.6 Å². The van der Waals surface area contributed by atoms with Crippen LogP contribution in [0, 0.1) is 0 Å². The third kappa shape index (κ3) is 4.79. The van der Waals surface area contributed by atoms with E-state index >= 15 is 0 Å². The molecule has 3 aromatic carbocycles. The minimum atomic E-state index is -0.813. The number of carbonyl (C=O) groups is 1. The van der Waals surface area contributed by atoms with Crippen LogP contribution in [0.4, 0.5) is 0 Å². The highest BCUT2D eigenvalue weighted by atomic mass is 35.5. The first-order valence-corrected chi connectivity index (χ1v) is 14.2. The molecule has 0 fully saturated rings. The van der Waals surface area contributed by atoms with Crippen molar-refractivity contribution in [1.82, 2.24) is 4.57 Å². The van der Waals surface area contributed by atoms with Crippen molar-refractivity contribution in [2.75, 3.05) is 13.7 Å². The van der Waals surface area contributed by atoms with E-state index < -0.39 is 12.0 Å². The second-order valence-electron chi connectivity index (χ2n) is 9.42. The van der Waals surface area contributed by atoms with E-state index in [0.29, 0.717) is 48.5 Å². The number of ether oxygens (including phenoxy) is 2. The lowest BCUT2D eigenvalue weighted by Crippen LogP contribution is -2.40. The zero-order valence-corrected chi connectivity index (χ0v) is 24.1. The summed E-state index contributed by atoms with van der Waals surface area (Å²) in [7, 11) is 1.58. The summed E-state index contributed by atoms with van der Waals surface area (Å²) in [6.07, 6.45) is 1.69. The lowest BCUT2D eigenvalue weighted by molar-refractivity contribution is -0.139. The van der Waals surface area contributed by atoms with Crippen molar-refractivity contribution in [3.63, 3.8) is 0 Å². The topological polar surface area (TPSA) is 83.0 Å². The summed E-state index contributed by atoms with van der Waals surface area (Å²) in [5.74, 6) is 1.16. The van der Waals surface area contributed by atoms with Crippen molar-refractivity contribution in [1.29, 1.82) is 0 Å². The predicted molar refractivity (Wildman–Crippen MR) is 160 cm³/mol. The van der Waals surface area contributed by atoms with E-state index in [1.165, 1.54) is 11.3 Å². The standard InChI is InChI=1S/C32H25ClN2O5S/c1-4-39-31(37)27-18(2)34-32-35(29(27)28-23-11-6-5-8-19(23)12-14-25(28)38-3)30(36)26(41-32)17-22-13-15-24(40-22)20-9-7-10-21(33)16-20/h5-17,29H,4H2,1-3H3/b26-17-/t29-/m1/s1. The third-order valence-electron chi connectivity index (χ3n) is 6.95. The molecule has 1 aliphatic heterocycles. The number of benzene rings is 3. The zero-order valence-electron chi connectivity index (χ0n) is 22.5. The number of hydrogen-bond acceptors (Lipinski definition) is 7. The molecule has 206 valence electrons. The van der Waals surface area contributed by atoms with Crippen LogP contribution in [0.2, 0.25) is 5.02 Å². The normalized spacial score (nSPS) is 15.1. The number of esters is 1. The summed E-state index contributed by atoms with van der Waals surface area (Å²) in [6.45, 7) is 3.70. The van der Waals surface area contributed by atoms with Crippen LogP contribution in [-0.4, -0.2) is 24.3 Å². The Hall–Kier alpha value is -4.40. The molecule has 0 spiro atoms. The first kappa shape index (κ1) is 26.8. The van der Waals surface area contributed by atoms with Crippen LogP contribution in [-0.2, 0) is 9.53 Å². The van der Waals surface area contributed by atoms with Crippen molar-refractivity contribution in [3.8, 4) is 17.1 Å². The molecular formula is C32H25ClN2O5S. The molecule has 0 saturated heterocycles. The summed E-state index contributed by atoms with van der Waals surface area (Å²) in [5.41, 5.74) is 2.00. The fourth-order valence-corrected chi connectivity index (χ4v) is 6.37. The molecule has 6 rings (SSSR count). The second kappa shape index (κ2) is 10.9. The summed E-state index contributed by atoms with van der Waals surface area (Å²) in [6, 6.07) is 21.8. The van der Waals surface area contributed by atoms with Gasteiger partial charge >= 0.3 is 5.97 Å². The third-order valence-corrected chi connectivity index (χ3v) is 8.17. The van der Waals surface area contributed by atoms with Crippen molar-refractivity contribution >= 4 is 45.8 Å². The first-order valence-electron chi connectivity index (χ1n) is 13.0. The van der Waals surface area contributed by atoms with Gasteiger partial charge in [-0.2, -0.15) is 0 Å². The van der Waals surface area contributed by atoms with Crippen LogP contribution >= 0.6 is 22.9 Å². The van der Waals surface area contributed by atoms with E-state index in [4.69, 9.17) is 25.5 Å². The quantitative estimate of drug-likeness (QED) is 0.233. The molecule has 2 aromatic heterocycles. The number of rotatable bonds is 6. The molecule has 0 unspecified atom stereocenters. The molecule has 1 aliphatic rings. The molecule has 9 heteroatoms. The SMILES string of the molecule is CCOC(=O)C1=C(C)N=c2s/c(=C\c3ccc(-c4cccc(Cl)c4)o3)c(=O)n2[C@H]1c1c(OC)ccc2ccccc12. The Balaban J connectivity index is 1.57. The van der Waals surface area contributed by atoms with Gasteiger partial charge in [0.2, 0.25) is 0 Å². The van der Waals surface area contributed by atoms with E-state index in [1.807, 2.05) is 60.7 Å². The predicted octanol–water partition coefficient (Wildman–Crippen LogP) is 5.87. The fourth-order valence-electron chi connectivity index (χ4n) is 5.16. The maximum atomic E-state index is 14.1. The van der Waals surface area contributed by atoms with Crippen molar-refractivity contribution < 1.29 is 18.7 Å². The van der Waals surface area contributed by atoms with Crippen LogP contribution in [0.3, 0.4) is 0 Å². The number of fused-ring (bicyclic) bond motifs is 2. The molecule has 0 saturated carbocycles. The number of hydrogen-bond donors (Lipinski definition) is 0. The zero-order chi connectivity index (χ0) is 28.7.